The van der Waals surface area contributed by atoms with Crippen molar-refractivity contribution in [1.82, 2.24) is 9.88 Å². The molecule has 1 fully saturated rings. The predicted octanol–water partition coefficient (Wildman–Crippen LogP) is 1.95. The van der Waals surface area contributed by atoms with Crippen LogP contribution in [-0.2, 0) is 0 Å². The molecule has 0 N–H and O–H groups in total. The summed E-state index contributed by atoms with van der Waals surface area (Å²) in [4.78, 5) is 20.3. The van der Waals surface area contributed by atoms with Crippen LogP contribution < -0.4 is 9.64 Å². The summed E-state index contributed by atoms with van der Waals surface area (Å²) in [5, 5.41) is 0. The highest BCUT2D eigenvalue weighted by molar-refractivity contribution is 5.91. The van der Waals surface area contributed by atoms with Gasteiger partial charge in [-0.3, -0.25) is 4.79 Å². The lowest BCUT2D eigenvalue weighted by molar-refractivity contribution is 0.0713. The Morgan fingerprint density at radius 3 is 2.59 bits per heavy atom. The van der Waals surface area contributed by atoms with Crippen molar-refractivity contribution in [3.05, 3.63) is 42.1 Å². The molecule has 0 bridgehead atoms. The lowest BCUT2D eigenvalue weighted by atomic mass is 10.2. The van der Waals surface area contributed by atoms with Crippen LogP contribution in [-0.4, -0.2) is 49.1 Å². The summed E-state index contributed by atoms with van der Waals surface area (Å²) in [5.74, 6) is 1.58. The first-order chi connectivity index (χ1) is 10.7. The highest BCUT2D eigenvalue weighted by Crippen LogP contribution is 2.28. The Morgan fingerprint density at radius 2 is 1.95 bits per heavy atom. The van der Waals surface area contributed by atoms with Gasteiger partial charge in [0.25, 0.3) is 5.91 Å². The van der Waals surface area contributed by atoms with Crippen LogP contribution in [0.4, 0.5) is 5.69 Å². The zero-order valence-corrected chi connectivity index (χ0v) is 12.8. The van der Waals surface area contributed by atoms with Crippen molar-refractivity contribution in [2.45, 2.75) is 6.92 Å². The monoisotopic (exact) mass is 301 g/mol. The predicted molar refractivity (Wildman–Crippen MR) is 82.4 cm³/mol. The van der Waals surface area contributed by atoms with Gasteiger partial charge in [-0.25, -0.2) is 4.98 Å². The third-order valence-corrected chi connectivity index (χ3v) is 3.82. The van der Waals surface area contributed by atoms with E-state index in [1.807, 2.05) is 24.3 Å². The normalized spacial score (nSPS) is 15.0. The summed E-state index contributed by atoms with van der Waals surface area (Å²) in [6.07, 6.45) is 1.49. The molecule has 1 amide bonds. The fourth-order valence-corrected chi connectivity index (χ4v) is 2.66. The number of rotatable bonds is 3. The largest absolute Gasteiger partial charge is 0.495 e. The molecular formula is C16H19N3O3. The molecule has 6 nitrogen and oxygen atoms in total. The minimum absolute atomic E-state index is 0.0970. The number of aromatic nitrogens is 1. The topological polar surface area (TPSA) is 58.8 Å². The lowest BCUT2D eigenvalue weighted by Gasteiger charge is -2.36. The van der Waals surface area contributed by atoms with Crippen LogP contribution in [0.2, 0.25) is 0 Å². The van der Waals surface area contributed by atoms with Gasteiger partial charge in [0.1, 0.15) is 5.75 Å². The highest BCUT2D eigenvalue weighted by atomic mass is 16.5. The fourth-order valence-electron chi connectivity index (χ4n) is 2.66. The Hall–Kier alpha value is -2.50. The van der Waals surface area contributed by atoms with Crippen molar-refractivity contribution >= 4 is 11.6 Å². The van der Waals surface area contributed by atoms with E-state index in [1.54, 1.807) is 18.9 Å². The Kier molecular flexibility index (Phi) is 4.00. The van der Waals surface area contributed by atoms with E-state index in [2.05, 4.69) is 9.88 Å². The van der Waals surface area contributed by atoms with Gasteiger partial charge in [-0.2, -0.15) is 0 Å². The van der Waals surface area contributed by atoms with Gasteiger partial charge in [0.15, 0.2) is 5.89 Å². The molecule has 3 rings (SSSR count). The first-order valence-corrected chi connectivity index (χ1v) is 7.28. The van der Waals surface area contributed by atoms with Crippen LogP contribution in [0.1, 0.15) is 16.4 Å². The molecule has 116 valence electrons. The minimum Gasteiger partial charge on any atom is -0.495 e. The second kappa shape index (κ2) is 6.09. The summed E-state index contributed by atoms with van der Waals surface area (Å²) >= 11 is 0. The summed E-state index contributed by atoms with van der Waals surface area (Å²) < 4.78 is 10.7. The second-order valence-electron chi connectivity index (χ2n) is 5.19. The van der Waals surface area contributed by atoms with E-state index in [4.69, 9.17) is 9.15 Å². The van der Waals surface area contributed by atoms with Crippen LogP contribution in [0.15, 0.2) is 34.9 Å². The van der Waals surface area contributed by atoms with E-state index in [1.165, 1.54) is 6.20 Å². The zero-order chi connectivity index (χ0) is 15.5. The van der Waals surface area contributed by atoms with Crippen LogP contribution in [0.5, 0.6) is 5.75 Å². The number of hydrogen-bond acceptors (Lipinski definition) is 5. The molecule has 1 aliphatic rings. The number of carbonyl (C=O) groups excluding carboxylic acids is 1. The maximum Gasteiger partial charge on any atom is 0.291 e. The van der Waals surface area contributed by atoms with Gasteiger partial charge >= 0.3 is 0 Å². The van der Waals surface area contributed by atoms with Gasteiger partial charge in [0, 0.05) is 33.1 Å². The van der Waals surface area contributed by atoms with Crippen molar-refractivity contribution in [1.29, 1.82) is 0 Å². The molecule has 0 unspecified atom stereocenters. The quantitative estimate of drug-likeness (QED) is 0.867. The molecule has 1 aromatic carbocycles. The number of ether oxygens (including phenoxy) is 1. The molecular weight excluding hydrogens is 282 g/mol. The number of piperazine rings is 1. The summed E-state index contributed by atoms with van der Waals surface area (Å²) in [6, 6.07) is 7.93. The van der Waals surface area contributed by atoms with Crippen molar-refractivity contribution < 1.29 is 13.9 Å². The molecule has 0 radical (unpaired) electrons. The highest BCUT2D eigenvalue weighted by Gasteiger charge is 2.25. The summed E-state index contributed by atoms with van der Waals surface area (Å²) in [5.41, 5.74) is 1.06. The summed E-state index contributed by atoms with van der Waals surface area (Å²) in [7, 11) is 1.67. The van der Waals surface area contributed by atoms with Gasteiger partial charge < -0.3 is 19.0 Å². The third-order valence-electron chi connectivity index (χ3n) is 3.82. The number of carbonyl (C=O) groups is 1. The van der Waals surface area contributed by atoms with Crippen molar-refractivity contribution in [2.24, 2.45) is 0 Å². The number of benzene rings is 1. The molecule has 0 saturated carbocycles. The van der Waals surface area contributed by atoms with E-state index in [0.717, 1.165) is 24.5 Å². The Balaban J connectivity index is 1.66. The average molecular weight is 301 g/mol. The number of methoxy groups -OCH3 is 1. The van der Waals surface area contributed by atoms with Gasteiger partial charge in [-0.15, -0.1) is 0 Å². The van der Waals surface area contributed by atoms with Crippen LogP contribution >= 0.6 is 0 Å². The van der Waals surface area contributed by atoms with Gasteiger partial charge in [-0.1, -0.05) is 12.1 Å². The molecule has 0 atom stereocenters. The van der Waals surface area contributed by atoms with Gasteiger partial charge in [-0.05, 0) is 12.1 Å². The molecule has 0 spiro atoms. The maximum atomic E-state index is 12.3. The molecule has 2 heterocycles. The van der Waals surface area contributed by atoms with E-state index in [0.29, 0.717) is 24.7 Å². The standard InChI is InChI=1S/C16H19N3O3/c1-12-17-11-15(22-12)16(20)19-9-7-18(8-10-19)13-5-3-4-6-14(13)21-2/h3-6,11H,7-10H2,1-2H3. The van der Waals surface area contributed by atoms with Gasteiger partial charge in [0.05, 0.1) is 19.0 Å². The average Bonchev–Trinajstić information content (AvgIpc) is 3.01. The molecule has 1 aliphatic heterocycles. The smallest absolute Gasteiger partial charge is 0.291 e. The summed E-state index contributed by atoms with van der Waals surface area (Å²) in [6.45, 7) is 4.56. The van der Waals surface area contributed by atoms with Gasteiger partial charge in [0.2, 0.25) is 5.76 Å². The number of anilines is 1. The number of para-hydroxylation sites is 2. The minimum atomic E-state index is -0.0970. The van der Waals surface area contributed by atoms with Crippen molar-refractivity contribution in [2.75, 3.05) is 38.2 Å². The van der Waals surface area contributed by atoms with E-state index < -0.39 is 0 Å². The Bertz CT molecular complexity index is 660. The number of amides is 1. The lowest BCUT2D eigenvalue weighted by Crippen LogP contribution is -2.48. The first-order valence-electron chi connectivity index (χ1n) is 7.28. The Morgan fingerprint density at radius 1 is 1.23 bits per heavy atom. The SMILES string of the molecule is COc1ccccc1N1CCN(C(=O)c2cnc(C)o2)CC1. The second-order valence-corrected chi connectivity index (χ2v) is 5.19. The van der Waals surface area contributed by atoms with E-state index >= 15 is 0 Å². The molecule has 6 heteroatoms. The number of oxazole rings is 1. The number of hydrogen-bond donors (Lipinski definition) is 0. The van der Waals surface area contributed by atoms with Crippen LogP contribution in [0.3, 0.4) is 0 Å². The molecule has 1 aromatic heterocycles. The van der Waals surface area contributed by atoms with Crippen LogP contribution in [0.25, 0.3) is 0 Å². The fraction of sp³-hybridized carbons (Fsp3) is 0.375. The van der Waals surface area contributed by atoms with E-state index in [-0.39, 0.29) is 5.91 Å². The van der Waals surface area contributed by atoms with Crippen LogP contribution in [0, 0.1) is 6.92 Å². The first kappa shape index (κ1) is 14.4. The maximum absolute atomic E-state index is 12.3. The molecule has 0 aliphatic carbocycles. The Labute approximate surface area is 129 Å². The number of aryl methyl sites for hydroxylation is 1. The molecule has 1 saturated heterocycles. The molecule has 2 aromatic rings. The number of nitrogens with zero attached hydrogens (tertiary/aromatic N) is 3. The van der Waals surface area contributed by atoms with Crippen molar-refractivity contribution in [3.8, 4) is 5.75 Å². The van der Waals surface area contributed by atoms with Crippen molar-refractivity contribution in [3.63, 3.8) is 0 Å². The van der Waals surface area contributed by atoms with E-state index in [9.17, 15) is 4.79 Å². The zero-order valence-electron chi connectivity index (χ0n) is 12.8. The molecule has 22 heavy (non-hydrogen) atoms. The third kappa shape index (κ3) is 2.77.